The van der Waals surface area contributed by atoms with Crippen molar-refractivity contribution in [3.05, 3.63) is 29.8 Å². The SMILES string of the molecule is COc1cccc(CN(C)CC(=O)NC2(C#N)CCCCC2)c1. The van der Waals surface area contributed by atoms with Crippen LogP contribution in [0.3, 0.4) is 0 Å². The van der Waals surface area contributed by atoms with Gasteiger partial charge in [0.25, 0.3) is 0 Å². The van der Waals surface area contributed by atoms with Crippen LogP contribution in [0.25, 0.3) is 0 Å². The van der Waals surface area contributed by atoms with Crippen LogP contribution in [-0.4, -0.2) is 37.0 Å². The summed E-state index contributed by atoms with van der Waals surface area (Å²) in [5.74, 6) is 0.727. The van der Waals surface area contributed by atoms with E-state index in [2.05, 4.69) is 11.4 Å². The molecule has 1 saturated carbocycles. The summed E-state index contributed by atoms with van der Waals surface area (Å²) in [5, 5.41) is 12.4. The van der Waals surface area contributed by atoms with E-state index in [1.165, 1.54) is 0 Å². The lowest BCUT2D eigenvalue weighted by atomic mass is 9.83. The number of nitriles is 1. The van der Waals surface area contributed by atoms with Gasteiger partial charge in [-0.2, -0.15) is 5.26 Å². The van der Waals surface area contributed by atoms with Gasteiger partial charge in [0.1, 0.15) is 11.3 Å². The summed E-state index contributed by atoms with van der Waals surface area (Å²) in [6.07, 6.45) is 4.68. The standard InChI is InChI=1S/C18H25N3O2/c1-21(12-15-7-6-8-16(11-15)23-2)13-17(22)20-18(14-19)9-4-3-5-10-18/h6-8,11H,3-5,9-10,12-13H2,1-2H3,(H,20,22). The fourth-order valence-electron chi connectivity index (χ4n) is 3.11. The fourth-order valence-corrected chi connectivity index (χ4v) is 3.11. The van der Waals surface area contributed by atoms with Crippen LogP contribution < -0.4 is 10.1 Å². The minimum Gasteiger partial charge on any atom is -0.497 e. The zero-order valence-corrected chi connectivity index (χ0v) is 14.0. The van der Waals surface area contributed by atoms with E-state index >= 15 is 0 Å². The predicted molar refractivity (Wildman–Crippen MR) is 88.9 cm³/mol. The third kappa shape index (κ3) is 4.97. The van der Waals surface area contributed by atoms with Crippen molar-refractivity contribution in [2.24, 2.45) is 0 Å². The van der Waals surface area contributed by atoms with Crippen LogP contribution in [-0.2, 0) is 11.3 Å². The minimum absolute atomic E-state index is 0.0844. The zero-order chi connectivity index (χ0) is 16.7. The lowest BCUT2D eigenvalue weighted by Gasteiger charge is -2.32. The van der Waals surface area contributed by atoms with Gasteiger partial charge in [0.05, 0.1) is 19.7 Å². The highest BCUT2D eigenvalue weighted by Gasteiger charge is 2.33. The molecule has 1 fully saturated rings. The van der Waals surface area contributed by atoms with Gasteiger partial charge in [-0.1, -0.05) is 31.4 Å². The van der Waals surface area contributed by atoms with E-state index in [-0.39, 0.29) is 12.5 Å². The maximum Gasteiger partial charge on any atom is 0.235 e. The van der Waals surface area contributed by atoms with Gasteiger partial charge >= 0.3 is 0 Å². The molecule has 1 aliphatic carbocycles. The van der Waals surface area contributed by atoms with E-state index < -0.39 is 5.54 Å². The molecule has 1 aliphatic rings. The molecule has 5 heteroatoms. The highest BCUT2D eigenvalue weighted by molar-refractivity contribution is 5.79. The van der Waals surface area contributed by atoms with Gasteiger partial charge < -0.3 is 10.1 Å². The van der Waals surface area contributed by atoms with Crippen molar-refractivity contribution in [3.63, 3.8) is 0 Å². The second kappa shape index (κ2) is 7.98. The number of rotatable bonds is 6. The number of methoxy groups -OCH3 is 1. The van der Waals surface area contributed by atoms with E-state index in [0.29, 0.717) is 6.54 Å². The Morgan fingerprint density at radius 3 is 2.78 bits per heavy atom. The Hall–Kier alpha value is -2.06. The summed E-state index contributed by atoms with van der Waals surface area (Å²) in [6, 6.07) is 10.1. The van der Waals surface area contributed by atoms with Crippen LogP contribution >= 0.6 is 0 Å². The summed E-state index contributed by atoms with van der Waals surface area (Å²) in [4.78, 5) is 14.2. The first-order valence-corrected chi connectivity index (χ1v) is 8.11. The topological polar surface area (TPSA) is 65.4 Å². The highest BCUT2D eigenvalue weighted by Crippen LogP contribution is 2.27. The minimum atomic E-state index is -0.661. The highest BCUT2D eigenvalue weighted by atomic mass is 16.5. The van der Waals surface area contributed by atoms with Crippen molar-refractivity contribution in [2.45, 2.75) is 44.2 Å². The number of nitrogens with zero attached hydrogens (tertiary/aromatic N) is 2. The number of amides is 1. The Morgan fingerprint density at radius 1 is 1.39 bits per heavy atom. The average Bonchev–Trinajstić information content (AvgIpc) is 2.55. The van der Waals surface area contributed by atoms with Gasteiger partial charge in [0.15, 0.2) is 0 Å². The van der Waals surface area contributed by atoms with E-state index in [1.807, 2.05) is 36.2 Å². The molecule has 0 atom stereocenters. The van der Waals surface area contributed by atoms with Gasteiger partial charge in [-0.05, 0) is 37.6 Å². The molecule has 0 unspecified atom stereocenters. The second-order valence-corrected chi connectivity index (χ2v) is 6.33. The lowest BCUT2D eigenvalue weighted by molar-refractivity contribution is -0.123. The first kappa shape index (κ1) is 17.3. The maximum absolute atomic E-state index is 12.3. The summed E-state index contributed by atoms with van der Waals surface area (Å²) in [7, 11) is 3.54. The number of benzene rings is 1. The maximum atomic E-state index is 12.3. The number of likely N-dealkylation sites (N-methyl/N-ethyl adjacent to an activating group) is 1. The van der Waals surface area contributed by atoms with Gasteiger partial charge in [-0.25, -0.2) is 0 Å². The summed E-state index contributed by atoms with van der Waals surface area (Å²) in [5.41, 5.74) is 0.430. The largest absolute Gasteiger partial charge is 0.497 e. The number of carbonyl (C=O) groups is 1. The molecule has 2 rings (SSSR count). The molecule has 0 aromatic heterocycles. The summed E-state index contributed by atoms with van der Waals surface area (Å²) >= 11 is 0. The third-order valence-electron chi connectivity index (χ3n) is 4.30. The molecule has 0 bridgehead atoms. The van der Waals surface area contributed by atoms with Gasteiger partial charge in [0, 0.05) is 6.54 Å². The Morgan fingerprint density at radius 2 is 2.13 bits per heavy atom. The number of nitrogens with one attached hydrogen (secondary N) is 1. The zero-order valence-electron chi connectivity index (χ0n) is 14.0. The van der Waals surface area contributed by atoms with Gasteiger partial charge in [0.2, 0.25) is 5.91 Å². The lowest BCUT2D eigenvalue weighted by Crippen LogP contribution is -2.51. The molecule has 0 heterocycles. The van der Waals surface area contributed by atoms with E-state index in [0.717, 1.165) is 43.4 Å². The monoisotopic (exact) mass is 315 g/mol. The van der Waals surface area contributed by atoms with E-state index in [4.69, 9.17) is 4.74 Å². The average molecular weight is 315 g/mol. The van der Waals surface area contributed by atoms with Crippen LogP contribution in [0.4, 0.5) is 0 Å². The number of hydrogen-bond donors (Lipinski definition) is 1. The Bertz CT molecular complexity index is 574. The summed E-state index contributed by atoms with van der Waals surface area (Å²) in [6.45, 7) is 0.935. The predicted octanol–water partition coefficient (Wildman–Crippen LogP) is 2.47. The van der Waals surface area contributed by atoms with Crippen molar-refractivity contribution in [2.75, 3.05) is 20.7 Å². The smallest absolute Gasteiger partial charge is 0.235 e. The van der Waals surface area contributed by atoms with Crippen molar-refractivity contribution >= 4 is 5.91 Å². The molecular formula is C18H25N3O2. The van der Waals surface area contributed by atoms with Gasteiger partial charge in [-0.3, -0.25) is 9.69 Å². The van der Waals surface area contributed by atoms with Crippen LogP contribution in [0.15, 0.2) is 24.3 Å². The number of hydrogen-bond acceptors (Lipinski definition) is 4. The third-order valence-corrected chi connectivity index (χ3v) is 4.30. The summed E-state index contributed by atoms with van der Waals surface area (Å²) < 4.78 is 5.21. The van der Waals surface area contributed by atoms with Crippen molar-refractivity contribution in [1.82, 2.24) is 10.2 Å². The molecule has 1 aromatic rings. The fraction of sp³-hybridized carbons (Fsp3) is 0.556. The van der Waals surface area contributed by atoms with E-state index in [9.17, 15) is 10.1 Å². The molecule has 5 nitrogen and oxygen atoms in total. The molecular weight excluding hydrogens is 290 g/mol. The molecule has 0 radical (unpaired) electrons. The van der Waals surface area contributed by atoms with E-state index in [1.54, 1.807) is 7.11 Å². The van der Waals surface area contributed by atoms with Crippen LogP contribution in [0.5, 0.6) is 5.75 Å². The van der Waals surface area contributed by atoms with Gasteiger partial charge in [-0.15, -0.1) is 0 Å². The Kier molecular flexibility index (Phi) is 6.00. The second-order valence-electron chi connectivity index (χ2n) is 6.33. The quantitative estimate of drug-likeness (QED) is 0.876. The molecule has 124 valence electrons. The van der Waals surface area contributed by atoms with Crippen molar-refractivity contribution < 1.29 is 9.53 Å². The van der Waals surface area contributed by atoms with Crippen molar-refractivity contribution in [1.29, 1.82) is 5.26 Å². The Balaban J connectivity index is 1.87. The molecule has 23 heavy (non-hydrogen) atoms. The first-order chi connectivity index (χ1) is 11.1. The van der Waals surface area contributed by atoms with Crippen molar-refractivity contribution in [3.8, 4) is 11.8 Å². The molecule has 0 aliphatic heterocycles. The number of carbonyl (C=O) groups excluding carboxylic acids is 1. The first-order valence-electron chi connectivity index (χ1n) is 8.11. The number of ether oxygens (including phenoxy) is 1. The Labute approximate surface area is 138 Å². The normalized spacial score (nSPS) is 16.6. The molecule has 0 spiro atoms. The molecule has 1 aromatic carbocycles. The molecule has 0 saturated heterocycles. The van der Waals surface area contributed by atoms with Crippen LogP contribution in [0.2, 0.25) is 0 Å². The molecule has 1 amide bonds. The molecule has 1 N–H and O–H groups in total. The van der Waals surface area contributed by atoms with Crippen LogP contribution in [0, 0.1) is 11.3 Å². The van der Waals surface area contributed by atoms with Crippen LogP contribution in [0.1, 0.15) is 37.7 Å².